The average Bonchev–Trinajstić information content (AvgIpc) is 2.40. The minimum atomic E-state index is -4.72. The summed E-state index contributed by atoms with van der Waals surface area (Å²) in [5.74, 6) is -0.380. The van der Waals surface area contributed by atoms with Gasteiger partial charge in [-0.25, -0.2) is 4.98 Å². The number of ether oxygens (including phenoxy) is 1. The highest BCUT2D eigenvalue weighted by Crippen LogP contribution is 2.38. The molecule has 0 saturated carbocycles. The van der Waals surface area contributed by atoms with Crippen LogP contribution < -0.4 is 4.74 Å². The summed E-state index contributed by atoms with van der Waals surface area (Å²) in [6.07, 6.45) is -4.20. The number of nitrogens with zero attached hydrogens (tertiary/aromatic N) is 2. The van der Waals surface area contributed by atoms with Crippen molar-refractivity contribution < 1.29 is 22.8 Å². The van der Waals surface area contributed by atoms with Crippen LogP contribution in [0.5, 0.6) is 11.5 Å². The SMILES string of the molecule is O=[N+]([O-])c1cnc(C(F)(F)F)cc1Oc1ccccc1Br. The molecule has 9 heteroatoms. The number of benzene rings is 1. The van der Waals surface area contributed by atoms with Crippen LogP contribution in [0.15, 0.2) is 41.0 Å². The molecule has 0 N–H and O–H groups in total. The van der Waals surface area contributed by atoms with Crippen LogP contribution in [0.4, 0.5) is 18.9 Å². The molecule has 0 aliphatic rings. The van der Waals surface area contributed by atoms with Gasteiger partial charge in [-0.15, -0.1) is 0 Å². The lowest BCUT2D eigenvalue weighted by Gasteiger charge is -2.10. The Hall–Kier alpha value is -2.16. The zero-order valence-corrected chi connectivity index (χ0v) is 11.7. The Kier molecular flexibility index (Phi) is 4.12. The molecule has 2 aromatic rings. The predicted molar refractivity (Wildman–Crippen MR) is 70.1 cm³/mol. The van der Waals surface area contributed by atoms with Crippen LogP contribution in [0.2, 0.25) is 0 Å². The van der Waals surface area contributed by atoms with Gasteiger partial charge in [-0.05, 0) is 28.1 Å². The van der Waals surface area contributed by atoms with E-state index in [-0.39, 0.29) is 5.75 Å². The number of hydrogen-bond donors (Lipinski definition) is 0. The fourth-order valence-corrected chi connectivity index (χ4v) is 1.82. The molecule has 0 bridgehead atoms. The van der Waals surface area contributed by atoms with Crippen molar-refractivity contribution >= 4 is 21.6 Å². The fraction of sp³-hybridized carbons (Fsp3) is 0.0833. The Morgan fingerprint density at radius 3 is 2.48 bits per heavy atom. The highest BCUT2D eigenvalue weighted by Gasteiger charge is 2.35. The van der Waals surface area contributed by atoms with Gasteiger partial charge in [-0.2, -0.15) is 13.2 Å². The van der Waals surface area contributed by atoms with Gasteiger partial charge in [0.1, 0.15) is 17.6 Å². The molecular weight excluding hydrogens is 357 g/mol. The number of hydrogen-bond acceptors (Lipinski definition) is 4. The summed E-state index contributed by atoms with van der Waals surface area (Å²) in [6, 6.07) is 6.79. The Morgan fingerprint density at radius 1 is 1.24 bits per heavy atom. The molecule has 0 saturated heterocycles. The minimum absolute atomic E-state index is 0.153. The zero-order chi connectivity index (χ0) is 15.6. The summed E-state index contributed by atoms with van der Waals surface area (Å²) in [6.45, 7) is 0. The topological polar surface area (TPSA) is 65.3 Å². The molecule has 2 rings (SSSR count). The van der Waals surface area contributed by atoms with E-state index in [1.807, 2.05) is 0 Å². The molecule has 0 radical (unpaired) electrons. The lowest BCUT2D eigenvalue weighted by Crippen LogP contribution is -2.08. The molecule has 5 nitrogen and oxygen atoms in total. The van der Waals surface area contributed by atoms with E-state index in [1.165, 1.54) is 6.07 Å². The maximum atomic E-state index is 12.6. The normalized spacial score (nSPS) is 11.2. The summed E-state index contributed by atoms with van der Waals surface area (Å²) >= 11 is 3.14. The van der Waals surface area contributed by atoms with Crippen LogP contribution in [-0.2, 0) is 6.18 Å². The molecule has 21 heavy (non-hydrogen) atoms. The second kappa shape index (κ2) is 5.68. The van der Waals surface area contributed by atoms with Crippen molar-refractivity contribution in [3.8, 4) is 11.5 Å². The van der Waals surface area contributed by atoms with Crippen LogP contribution in [0.25, 0.3) is 0 Å². The molecular formula is C12H6BrF3N2O3. The number of nitro groups is 1. The van der Waals surface area contributed by atoms with Crippen LogP contribution in [-0.4, -0.2) is 9.91 Å². The van der Waals surface area contributed by atoms with Gasteiger partial charge in [0, 0.05) is 6.07 Å². The number of halogens is 4. The third kappa shape index (κ3) is 3.48. The van der Waals surface area contributed by atoms with Gasteiger partial charge in [-0.1, -0.05) is 12.1 Å². The van der Waals surface area contributed by atoms with Crippen LogP contribution in [0.3, 0.4) is 0 Å². The van der Waals surface area contributed by atoms with Crippen molar-refractivity contribution in [2.75, 3.05) is 0 Å². The lowest BCUT2D eigenvalue weighted by atomic mass is 10.3. The Balaban J connectivity index is 2.49. The van der Waals surface area contributed by atoms with Crippen molar-refractivity contribution in [3.63, 3.8) is 0 Å². The van der Waals surface area contributed by atoms with E-state index in [0.29, 0.717) is 16.7 Å². The summed E-state index contributed by atoms with van der Waals surface area (Å²) in [4.78, 5) is 13.0. The lowest BCUT2D eigenvalue weighted by molar-refractivity contribution is -0.386. The number of alkyl halides is 3. The molecule has 0 unspecified atom stereocenters. The Morgan fingerprint density at radius 2 is 1.90 bits per heavy atom. The molecule has 0 amide bonds. The molecule has 110 valence electrons. The van der Waals surface area contributed by atoms with Gasteiger partial charge in [-0.3, -0.25) is 10.1 Å². The van der Waals surface area contributed by atoms with E-state index < -0.39 is 28.2 Å². The van der Waals surface area contributed by atoms with Gasteiger partial charge in [0.15, 0.2) is 0 Å². The van der Waals surface area contributed by atoms with Gasteiger partial charge >= 0.3 is 11.9 Å². The molecule has 1 aromatic carbocycles. The van der Waals surface area contributed by atoms with Gasteiger partial charge < -0.3 is 4.74 Å². The third-order valence-corrected chi connectivity index (χ3v) is 3.05. The second-order valence-electron chi connectivity index (χ2n) is 3.82. The first kappa shape index (κ1) is 15.2. The van der Waals surface area contributed by atoms with E-state index in [2.05, 4.69) is 20.9 Å². The second-order valence-corrected chi connectivity index (χ2v) is 4.68. The Labute approximate surface area is 124 Å². The number of rotatable bonds is 3. The largest absolute Gasteiger partial charge is 0.449 e. The van der Waals surface area contributed by atoms with E-state index in [4.69, 9.17) is 4.74 Å². The van der Waals surface area contributed by atoms with Crippen molar-refractivity contribution in [3.05, 3.63) is 56.8 Å². The van der Waals surface area contributed by atoms with Gasteiger partial charge in [0.25, 0.3) is 0 Å². The molecule has 0 spiro atoms. The average molecular weight is 363 g/mol. The third-order valence-electron chi connectivity index (χ3n) is 2.39. The number of para-hydroxylation sites is 1. The molecule has 0 aliphatic carbocycles. The summed E-state index contributed by atoms with van der Waals surface area (Å²) in [7, 11) is 0. The van der Waals surface area contributed by atoms with Crippen LogP contribution in [0, 0.1) is 10.1 Å². The van der Waals surface area contributed by atoms with Crippen molar-refractivity contribution in [2.24, 2.45) is 0 Å². The van der Waals surface area contributed by atoms with Crippen LogP contribution >= 0.6 is 15.9 Å². The zero-order valence-electron chi connectivity index (χ0n) is 10.1. The van der Waals surface area contributed by atoms with Crippen molar-refractivity contribution in [2.45, 2.75) is 6.18 Å². The molecule has 0 fully saturated rings. The van der Waals surface area contributed by atoms with E-state index >= 15 is 0 Å². The van der Waals surface area contributed by atoms with Crippen molar-refractivity contribution in [1.82, 2.24) is 4.98 Å². The highest BCUT2D eigenvalue weighted by atomic mass is 79.9. The number of pyridine rings is 1. The van der Waals surface area contributed by atoms with Gasteiger partial charge in [0.2, 0.25) is 5.75 Å². The smallest absolute Gasteiger partial charge is 0.433 e. The number of aromatic nitrogens is 1. The first-order valence-electron chi connectivity index (χ1n) is 5.43. The van der Waals surface area contributed by atoms with E-state index in [1.54, 1.807) is 18.2 Å². The molecule has 0 atom stereocenters. The maximum absolute atomic E-state index is 12.6. The van der Waals surface area contributed by atoms with Crippen LogP contribution in [0.1, 0.15) is 5.69 Å². The predicted octanol–water partition coefficient (Wildman–Crippen LogP) is 4.56. The summed E-state index contributed by atoms with van der Waals surface area (Å²) < 4.78 is 43.5. The van der Waals surface area contributed by atoms with Gasteiger partial charge in [0.05, 0.1) is 9.40 Å². The molecule has 1 heterocycles. The monoisotopic (exact) mass is 362 g/mol. The molecule has 1 aromatic heterocycles. The summed E-state index contributed by atoms with van der Waals surface area (Å²) in [5, 5.41) is 10.9. The molecule has 0 aliphatic heterocycles. The maximum Gasteiger partial charge on any atom is 0.433 e. The standard InChI is InChI=1S/C12H6BrF3N2O3/c13-7-3-1-2-4-9(7)21-10-5-11(12(14,15)16)17-6-8(10)18(19)20/h1-6H. The minimum Gasteiger partial charge on any atom is -0.449 e. The van der Waals surface area contributed by atoms with E-state index in [0.717, 1.165) is 0 Å². The van der Waals surface area contributed by atoms with Crippen molar-refractivity contribution in [1.29, 1.82) is 0 Å². The highest BCUT2D eigenvalue weighted by molar-refractivity contribution is 9.10. The quantitative estimate of drug-likeness (QED) is 0.592. The van der Waals surface area contributed by atoms with E-state index in [9.17, 15) is 23.3 Å². The summed E-state index contributed by atoms with van der Waals surface area (Å²) in [5.41, 5.74) is -1.92. The Bertz CT molecular complexity index is 692. The first-order chi connectivity index (χ1) is 9.79. The fourth-order valence-electron chi connectivity index (χ4n) is 1.45. The first-order valence-corrected chi connectivity index (χ1v) is 6.22.